The van der Waals surface area contributed by atoms with Gasteiger partial charge in [0, 0.05) is 33.2 Å². The van der Waals surface area contributed by atoms with Gasteiger partial charge in [-0.1, -0.05) is 11.8 Å². The predicted octanol–water partition coefficient (Wildman–Crippen LogP) is 0.852. The first-order valence-corrected chi connectivity index (χ1v) is 9.79. The molecule has 0 bridgehead atoms. The van der Waals surface area contributed by atoms with Crippen LogP contribution < -0.4 is 11.2 Å². The van der Waals surface area contributed by atoms with Gasteiger partial charge in [-0.25, -0.2) is 9.78 Å². The molecule has 2 atom stereocenters. The minimum absolute atomic E-state index is 0.0866. The summed E-state index contributed by atoms with van der Waals surface area (Å²) in [7, 11) is 4.78. The van der Waals surface area contributed by atoms with Crippen LogP contribution in [0.15, 0.2) is 14.7 Å². The average Bonchev–Trinajstić information content (AvgIpc) is 2.93. The van der Waals surface area contributed by atoms with Crippen LogP contribution in [0.25, 0.3) is 11.2 Å². The van der Waals surface area contributed by atoms with E-state index in [2.05, 4.69) is 18.8 Å². The third kappa shape index (κ3) is 2.98. The summed E-state index contributed by atoms with van der Waals surface area (Å²) in [5.74, 6) is 0.351. The number of aryl methyl sites for hydroxylation is 2. The first kappa shape index (κ1) is 18.8. The lowest BCUT2D eigenvalue weighted by Crippen LogP contribution is -2.48. The summed E-state index contributed by atoms with van der Waals surface area (Å²) < 4.78 is 4.09. The highest BCUT2D eigenvalue weighted by molar-refractivity contribution is 7.99. The topological polar surface area (TPSA) is 82.1 Å². The van der Waals surface area contributed by atoms with Crippen molar-refractivity contribution in [2.45, 2.75) is 50.4 Å². The minimum atomic E-state index is -0.413. The number of carbonyl (C=O) groups is 1. The van der Waals surface area contributed by atoms with Crippen LogP contribution in [0.2, 0.25) is 0 Å². The van der Waals surface area contributed by atoms with E-state index in [0.717, 1.165) is 23.8 Å². The fourth-order valence-corrected chi connectivity index (χ4v) is 4.58. The van der Waals surface area contributed by atoms with E-state index in [1.807, 2.05) is 4.90 Å². The zero-order valence-electron chi connectivity index (χ0n) is 15.9. The summed E-state index contributed by atoms with van der Waals surface area (Å²) in [6.07, 6.45) is 3.22. The molecule has 2 aromatic heterocycles. The van der Waals surface area contributed by atoms with Crippen LogP contribution in [0.5, 0.6) is 0 Å². The lowest BCUT2D eigenvalue weighted by molar-refractivity contribution is -0.134. The molecular formula is C17H25N5O3S. The first-order chi connectivity index (χ1) is 12.2. The van der Waals surface area contributed by atoms with E-state index < -0.39 is 5.69 Å². The number of thioether (sulfide) groups is 1. The number of hydrogen-bond acceptors (Lipinski definition) is 5. The highest BCUT2D eigenvalue weighted by Gasteiger charge is 2.29. The summed E-state index contributed by atoms with van der Waals surface area (Å²) >= 11 is 1.30. The first-order valence-electron chi connectivity index (χ1n) is 8.80. The number of nitrogens with zero attached hydrogens (tertiary/aromatic N) is 5. The Morgan fingerprint density at radius 3 is 2.31 bits per heavy atom. The third-order valence-corrected chi connectivity index (χ3v) is 6.26. The van der Waals surface area contributed by atoms with Gasteiger partial charge in [0.2, 0.25) is 5.91 Å². The molecule has 3 heterocycles. The second kappa shape index (κ2) is 6.94. The van der Waals surface area contributed by atoms with Gasteiger partial charge in [-0.15, -0.1) is 0 Å². The summed E-state index contributed by atoms with van der Waals surface area (Å²) in [5.41, 5.74) is -0.0849. The Bertz CT molecular complexity index is 963. The molecule has 8 nitrogen and oxygen atoms in total. The molecule has 3 rings (SSSR count). The Morgan fingerprint density at radius 1 is 1.08 bits per heavy atom. The Balaban J connectivity index is 1.88. The van der Waals surface area contributed by atoms with Crippen molar-refractivity contribution in [2.75, 3.05) is 5.75 Å². The maximum Gasteiger partial charge on any atom is 0.332 e. The van der Waals surface area contributed by atoms with Gasteiger partial charge in [-0.3, -0.25) is 18.7 Å². The van der Waals surface area contributed by atoms with Gasteiger partial charge in [-0.05, 0) is 33.1 Å². The maximum absolute atomic E-state index is 12.7. The number of aromatic nitrogens is 4. The molecular weight excluding hydrogens is 354 g/mol. The molecule has 0 aliphatic carbocycles. The zero-order chi connectivity index (χ0) is 19.2. The molecule has 1 aliphatic heterocycles. The van der Waals surface area contributed by atoms with Gasteiger partial charge in [0.15, 0.2) is 16.3 Å². The number of fused-ring (bicyclic) bond motifs is 1. The molecule has 0 unspecified atom stereocenters. The van der Waals surface area contributed by atoms with Crippen LogP contribution in [0.1, 0.15) is 33.1 Å². The van der Waals surface area contributed by atoms with Crippen molar-refractivity contribution in [3.63, 3.8) is 0 Å². The smallest absolute Gasteiger partial charge is 0.332 e. The van der Waals surface area contributed by atoms with E-state index >= 15 is 0 Å². The van der Waals surface area contributed by atoms with Crippen LogP contribution in [-0.4, -0.2) is 47.3 Å². The molecule has 1 saturated heterocycles. The van der Waals surface area contributed by atoms with E-state index in [4.69, 9.17) is 0 Å². The van der Waals surface area contributed by atoms with Crippen LogP contribution >= 0.6 is 11.8 Å². The molecule has 1 fully saturated rings. The fourth-order valence-electron chi connectivity index (χ4n) is 3.74. The zero-order valence-corrected chi connectivity index (χ0v) is 16.7. The van der Waals surface area contributed by atoms with Crippen molar-refractivity contribution in [1.29, 1.82) is 0 Å². The van der Waals surface area contributed by atoms with Gasteiger partial charge in [-0.2, -0.15) is 0 Å². The molecule has 26 heavy (non-hydrogen) atoms. The lowest BCUT2D eigenvalue weighted by atomic mass is 9.98. The Morgan fingerprint density at radius 2 is 1.69 bits per heavy atom. The number of likely N-dealkylation sites (tertiary alicyclic amines) is 1. The van der Waals surface area contributed by atoms with Crippen molar-refractivity contribution in [3.05, 3.63) is 20.8 Å². The average molecular weight is 379 g/mol. The summed E-state index contributed by atoms with van der Waals surface area (Å²) in [5, 5.41) is 0.559. The van der Waals surface area contributed by atoms with Crippen molar-refractivity contribution in [1.82, 2.24) is 23.6 Å². The van der Waals surface area contributed by atoms with E-state index in [9.17, 15) is 14.4 Å². The van der Waals surface area contributed by atoms with Crippen molar-refractivity contribution >= 4 is 28.8 Å². The minimum Gasteiger partial charge on any atom is -0.337 e. The van der Waals surface area contributed by atoms with Crippen molar-refractivity contribution in [2.24, 2.45) is 21.1 Å². The van der Waals surface area contributed by atoms with Crippen LogP contribution in [-0.2, 0) is 25.9 Å². The SMILES string of the molecule is C[C@@H]1CCC[C@H](C)N1C(=O)CSc1nc2c(c(=O)n(C)c(=O)n2C)n1C. The Hall–Kier alpha value is -2.03. The van der Waals surface area contributed by atoms with E-state index in [1.54, 1.807) is 18.7 Å². The highest BCUT2D eigenvalue weighted by atomic mass is 32.2. The Labute approximate surface area is 155 Å². The van der Waals surface area contributed by atoms with Gasteiger partial charge < -0.3 is 9.47 Å². The second-order valence-electron chi connectivity index (χ2n) is 7.05. The van der Waals surface area contributed by atoms with E-state index in [0.29, 0.717) is 16.3 Å². The molecule has 0 N–H and O–H groups in total. The number of amides is 1. The van der Waals surface area contributed by atoms with Gasteiger partial charge in [0.05, 0.1) is 5.75 Å². The predicted molar refractivity (Wildman–Crippen MR) is 102 cm³/mol. The number of imidazole rings is 1. The number of rotatable bonds is 3. The molecule has 0 aromatic carbocycles. The summed E-state index contributed by atoms with van der Waals surface area (Å²) in [4.78, 5) is 43.6. The molecule has 1 amide bonds. The molecule has 9 heteroatoms. The Kier molecular flexibility index (Phi) is 5.01. The summed E-state index contributed by atoms with van der Waals surface area (Å²) in [6.45, 7) is 4.18. The third-order valence-electron chi connectivity index (χ3n) is 5.24. The van der Waals surface area contributed by atoms with Crippen molar-refractivity contribution < 1.29 is 4.79 Å². The fraction of sp³-hybridized carbons (Fsp3) is 0.647. The van der Waals surface area contributed by atoms with Crippen LogP contribution in [0.3, 0.4) is 0 Å². The molecule has 1 aliphatic rings. The van der Waals surface area contributed by atoms with Gasteiger partial charge >= 0.3 is 5.69 Å². The monoisotopic (exact) mass is 379 g/mol. The molecule has 2 aromatic rings. The maximum atomic E-state index is 12.7. The van der Waals surface area contributed by atoms with Crippen LogP contribution in [0, 0.1) is 0 Å². The summed E-state index contributed by atoms with van der Waals surface area (Å²) in [6, 6.07) is 0.501. The quantitative estimate of drug-likeness (QED) is 0.739. The molecule has 0 spiro atoms. The molecule has 142 valence electrons. The lowest BCUT2D eigenvalue weighted by Gasteiger charge is -2.39. The van der Waals surface area contributed by atoms with Gasteiger partial charge in [0.25, 0.3) is 5.56 Å². The molecule has 0 radical (unpaired) electrons. The highest BCUT2D eigenvalue weighted by Crippen LogP contribution is 2.25. The van der Waals surface area contributed by atoms with Crippen molar-refractivity contribution in [3.8, 4) is 0 Å². The van der Waals surface area contributed by atoms with E-state index in [1.165, 1.54) is 23.4 Å². The van der Waals surface area contributed by atoms with E-state index in [-0.39, 0.29) is 29.3 Å². The standard InChI is InChI=1S/C17H25N5O3S/c1-10-7-6-8-11(2)22(10)12(23)9-26-16-18-14-13(19(16)3)15(24)21(5)17(25)20(14)4/h10-11H,6-9H2,1-5H3/t10-,11+. The largest absolute Gasteiger partial charge is 0.337 e. The van der Waals surface area contributed by atoms with Gasteiger partial charge in [0.1, 0.15) is 0 Å². The number of piperidine rings is 1. The number of carbonyl (C=O) groups excluding carboxylic acids is 1. The second-order valence-corrected chi connectivity index (χ2v) is 7.99. The van der Waals surface area contributed by atoms with Crippen LogP contribution in [0.4, 0.5) is 0 Å². The number of hydrogen-bond donors (Lipinski definition) is 0. The normalized spacial score (nSPS) is 20.7. The molecule has 0 saturated carbocycles.